The van der Waals surface area contributed by atoms with E-state index in [0.29, 0.717) is 131 Å². The summed E-state index contributed by atoms with van der Waals surface area (Å²) in [5, 5.41) is 0. The summed E-state index contributed by atoms with van der Waals surface area (Å²) in [5.74, 6) is -0.529. The van der Waals surface area contributed by atoms with Crippen LogP contribution in [-0.4, -0.2) is 180 Å². The zero-order valence-electron chi connectivity index (χ0n) is 36.2. The summed E-state index contributed by atoms with van der Waals surface area (Å²) >= 11 is 0. The molecule has 0 saturated carbocycles. The van der Waals surface area contributed by atoms with Crippen LogP contribution in [0.3, 0.4) is 0 Å². The predicted octanol–water partition coefficient (Wildman–Crippen LogP) is 5.57. The van der Waals surface area contributed by atoms with E-state index < -0.39 is 0 Å². The van der Waals surface area contributed by atoms with E-state index in [1.165, 1.54) is 0 Å². The molecule has 0 aromatic rings. The maximum absolute atomic E-state index is 12.4. The summed E-state index contributed by atoms with van der Waals surface area (Å²) in [6.07, 6.45) is 10.3. The summed E-state index contributed by atoms with van der Waals surface area (Å²) in [4.78, 5) is 29.2. The van der Waals surface area contributed by atoms with Crippen molar-refractivity contribution in [3.8, 4) is 0 Å². The molecule has 14 heteroatoms. The summed E-state index contributed by atoms with van der Waals surface area (Å²) in [7, 11) is 0. The molecule has 0 aliphatic rings. The molecule has 0 aliphatic carbocycles. The van der Waals surface area contributed by atoms with E-state index in [0.717, 1.165) is 77.8 Å². The average Bonchev–Trinajstić information content (AvgIpc) is 3.20. The van der Waals surface area contributed by atoms with E-state index in [1.807, 2.05) is 0 Å². The number of esters is 2. The first-order valence-corrected chi connectivity index (χ1v) is 21.9. The zero-order valence-corrected chi connectivity index (χ0v) is 36.2. The monoisotopic (exact) mass is 809 g/mol. The van der Waals surface area contributed by atoms with Gasteiger partial charge in [-0.25, -0.2) is 0 Å². The van der Waals surface area contributed by atoms with Gasteiger partial charge in [-0.1, -0.05) is 53.4 Å². The number of carbonyl (C=O) groups excluding carboxylic acids is 2. The SMILES string of the molecule is CCCCOCCOCCN(CCOCCOCCCC)CCOC(=O)CCCCC(=O)OCCN(CCOCCOCCCC)CCOCCOCCCC. The highest BCUT2D eigenvalue weighted by molar-refractivity contribution is 5.70. The first-order valence-electron chi connectivity index (χ1n) is 21.9. The van der Waals surface area contributed by atoms with Gasteiger partial charge in [-0.3, -0.25) is 19.4 Å². The second-order valence-electron chi connectivity index (χ2n) is 13.6. The Bertz CT molecular complexity index is 710. The third-order valence-electron chi connectivity index (χ3n) is 8.62. The lowest BCUT2D eigenvalue weighted by atomic mass is 10.2. The van der Waals surface area contributed by atoms with Crippen molar-refractivity contribution in [2.45, 2.75) is 105 Å². The summed E-state index contributed by atoms with van der Waals surface area (Å²) in [6.45, 7) is 23.0. The molecule has 0 saturated heterocycles. The highest BCUT2D eigenvalue weighted by Gasteiger charge is 2.11. The van der Waals surface area contributed by atoms with Crippen molar-refractivity contribution in [2.24, 2.45) is 0 Å². The van der Waals surface area contributed by atoms with Crippen LogP contribution in [-0.2, 0) is 57.0 Å². The Kier molecular flexibility index (Phi) is 45.0. The maximum Gasteiger partial charge on any atom is 0.305 e. The van der Waals surface area contributed by atoms with Crippen molar-refractivity contribution in [1.82, 2.24) is 9.80 Å². The van der Waals surface area contributed by atoms with Crippen molar-refractivity contribution < 1.29 is 57.0 Å². The number of unbranched alkanes of at least 4 members (excludes halogenated alkanes) is 5. The number of hydrogen-bond donors (Lipinski definition) is 0. The minimum atomic E-state index is -0.264. The van der Waals surface area contributed by atoms with E-state index in [2.05, 4.69) is 37.5 Å². The highest BCUT2D eigenvalue weighted by atomic mass is 16.5. The van der Waals surface area contributed by atoms with E-state index in [-0.39, 0.29) is 38.0 Å². The molecule has 0 aromatic heterocycles. The van der Waals surface area contributed by atoms with Crippen LogP contribution in [0.25, 0.3) is 0 Å². The highest BCUT2D eigenvalue weighted by Crippen LogP contribution is 2.04. The molecule has 0 aliphatic heterocycles. The number of rotatable bonds is 47. The molecular formula is C42H84N2O12. The number of nitrogens with zero attached hydrogens (tertiary/aromatic N) is 2. The molecule has 14 nitrogen and oxygen atoms in total. The van der Waals surface area contributed by atoms with Crippen LogP contribution < -0.4 is 0 Å². The molecule has 0 bridgehead atoms. The quantitative estimate of drug-likeness (QED) is 0.0561. The van der Waals surface area contributed by atoms with Crippen LogP contribution in [0.2, 0.25) is 0 Å². The van der Waals surface area contributed by atoms with Crippen molar-refractivity contribution in [3.63, 3.8) is 0 Å². The smallest absolute Gasteiger partial charge is 0.305 e. The van der Waals surface area contributed by atoms with Gasteiger partial charge in [0.05, 0.1) is 79.3 Å². The molecule has 0 rings (SSSR count). The molecule has 56 heavy (non-hydrogen) atoms. The Hall–Kier alpha value is -1.46. The van der Waals surface area contributed by atoms with Gasteiger partial charge in [0.15, 0.2) is 0 Å². The van der Waals surface area contributed by atoms with Gasteiger partial charge in [0.1, 0.15) is 13.2 Å². The standard InChI is InChI=1S/C42H84N2O12/c1-5-9-23-47-33-37-51-27-17-43(18-28-52-38-34-48-24-10-6-2)21-31-55-41(45)15-13-14-16-42(46)56-32-22-44(19-29-53-39-35-49-25-11-7-3)20-30-54-40-36-50-26-12-8-4/h5-40H2,1-4H3. The largest absolute Gasteiger partial charge is 0.464 e. The van der Waals surface area contributed by atoms with Gasteiger partial charge in [-0.2, -0.15) is 0 Å². The van der Waals surface area contributed by atoms with Gasteiger partial charge in [0, 0.05) is 78.5 Å². The second-order valence-corrected chi connectivity index (χ2v) is 13.6. The summed E-state index contributed by atoms with van der Waals surface area (Å²) in [6, 6.07) is 0. The summed E-state index contributed by atoms with van der Waals surface area (Å²) < 4.78 is 56.3. The van der Waals surface area contributed by atoms with Gasteiger partial charge >= 0.3 is 11.9 Å². The van der Waals surface area contributed by atoms with Crippen molar-refractivity contribution in [1.29, 1.82) is 0 Å². The normalized spacial score (nSPS) is 11.6. The number of hydrogen-bond acceptors (Lipinski definition) is 14. The van der Waals surface area contributed by atoms with Gasteiger partial charge in [0.2, 0.25) is 0 Å². The fourth-order valence-electron chi connectivity index (χ4n) is 4.98. The molecule has 0 amide bonds. The molecule has 0 unspecified atom stereocenters. The minimum Gasteiger partial charge on any atom is -0.464 e. The topological polar surface area (TPSA) is 133 Å². The van der Waals surface area contributed by atoms with Crippen LogP contribution in [0.4, 0.5) is 0 Å². The molecule has 334 valence electrons. The molecule has 0 N–H and O–H groups in total. The Balaban J connectivity index is 4.35. The lowest BCUT2D eigenvalue weighted by molar-refractivity contribution is -0.146. The first kappa shape index (κ1) is 54.5. The Labute approximate surface area is 341 Å². The number of carbonyl (C=O) groups is 2. The van der Waals surface area contributed by atoms with Crippen molar-refractivity contribution in [3.05, 3.63) is 0 Å². The van der Waals surface area contributed by atoms with Gasteiger partial charge in [-0.05, 0) is 38.5 Å². The fourth-order valence-corrected chi connectivity index (χ4v) is 4.98. The molecule has 0 radical (unpaired) electrons. The van der Waals surface area contributed by atoms with Crippen LogP contribution >= 0.6 is 0 Å². The van der Waals surface area contributed by atoms with Crippen LogP contribution in [0.15, 0.2) is 0 Å². The van der Waals surface area contributed by atoms with Gasteiger partial charge in [-0.15, -0.1) is 0 Å². The van der Waals surface area contributed by atoms with Gasteiger partial charge < -0.3 is 47.4 Å². The van der Waals surface area contributed by atoms with Crippen molar-refractivity contribution in [2.75, 3.05) is 158 Å². The Morgan fingerprint density at radius 3 is 0.786 bits per heavy atom. The predicted molar refractivity (Wildman–Crippen MR) is 219 cm³/mol. The van der Waals surface area contributed by atoms with Crippen LogP contribution in [0, 0.1) is 0 Å². The molecule has 0 heterocycles. The molecule has 0 spiro atoms. The average molecular weight is 809 g/mol. The molecular weight excluding hydrogens is 724 g/mol. The fraction of sp³-hybridized carbons (Fsp3) is 0.952. The van der Waals surface area contributed by atoms with Crippen LogP contribution in [0.5, 0.6) is 0 Å². The second kappa shape index (κ2) is 46.2. The van der Waals surface area contributed by atoms with E-state index in [1.54, 1.807) is 0 Å². The number of ether oxygens (including phenoxy) is 10. The first-order chi connectivity index (χ1) is 27.6. The third kappa shape index (κ3) is 42.2. The van der Waals surface area contributed by atoms with Crippen molar-refractivity contribution >= 4 is 11.9 Å². The Morgan fingerprint density at radius 1 is 0.304 bits per heavy atom. The molecule has 0 aromatic carbocycles. The maximum atomic E-state index is 12.4. The minimum absolute atomic E-state index is 0.261. The third-order valence-corrected chi connectivity index (χ3v) is 8.62. The van der Waals surface area contributed by atoms with Gasteiger partial charge in [0.25, 0.3) is 0 Å². The summed E-state index contributed by atoms with van der Waals surface area (Å²) in [5.41, 5.74) is 0. The van der Waals surface area contributed by atoms with Crippen LogP contribution in [0.1, 0.15) is 105 Å². The lowest BCUT2D eigenvalue weighted by Gasteiger charge is -2.22. The zero-order chi connectivity index (χ0) is 40.8. The molecule has 0 atom stereocenters. The Morgan fingerprint density at radius 2 is 0.536 bits per heavy atom. The van der Waals surface area contributed by atoms with E-state index >= 15 is 0 Å². The van der Waals surface area contributed by atoms with E-state index in [4.69, 9.17) is 47.4 Å². The molecule has 0 fully saturated rings. The van der Waals surface area contributed by atoms with E-state index in [9.17, 15) is 9.59 Å². The lowest BCUT2D eigenvalue weighted by Crippen LogP contribution is -2.35.